The fourth-order valence-electron chi connectivity index (χ4n) is 1.13. The Morgan fingerprint density at radius 1 is 1.00 bits per heavy atom. The van der Waals surface area contributed by atoms with Crippen LogP contribution in [0.3, 0.4) is 0 Å². The third-order valence-electron chi connectivity index (χ3n) is 2.02. The molecular formula is C10H15F5LiO3PS. The number of rotatable bonds is 1. The first-order valence-electron chi connectivity index (χ1n) is 5.14. The molecule has 0 saturated heterocycles. The molecule has 0 aromatic heterocycles. The van der Waals surface area contributed by atoms with Gasteiger partial charge >= 0.3 is 48.0 Å². The Bertz CT molecular complexity index is 550. The van der Waals surface area contributed by atoms with E-state index in [0.29, 0.717) is 0 Å². The van der Waals surface area contributed by atoms with Crippen molar-refractivity contribution in [3.63, 3.8) is 0 Å². The zero-order valence-electron chi connectivity index (χ0n) is 12.8. The molecule has 21 heavy (non-hydrogen) atoms. The number of hydrogen-bond acceptors (Lipinski definition) is 2. The smallest absolute Gasteiger partial charge is 1.00 e. The van der Waals surface area contributed by atoms with Crippen molar-refractivity contribution in [2.24, 2.45) is 0 Å². The maximum atomic E-state index is 10.7. The fraction of sp³-hybridized carbons (Fsp3) is 0.400. The van der Waals surface area contributed by atoms with Gasteiger partial charge in [0.25, 0.3) is 10.1 Å². The molecule has 0 atom stereocenters. The van der Waals surface area contributed by atoms with Crippen LogP contribution >= 0.6 is 8.16 Å². The first kappa shape index (κ1) is 23.1. The Kier molecular flexibility index (Phi) is 7.61. The zero-order chi connectivity index (χ0) is 16.4. The van der Waals surface area contributed by atoms with Gasteiger partial charge in [-0.3, -0.25) is 4.55 Å². The summed E-state index contributed by atoms with van der Waals surface area (Å²) in [6.45, 7) is 6.11. The summed E-state index contributed by atoms with van der Waals surface area (Å²) in [5, 5.41) is 0. The van der Waals surface area contributed by atoms with Gasteiger partial charge in [-0.05, 0) is 23.1 Å². The van der Waals surface area contributed by atoms with Crippen LogP contribution in [0.4, 0.5) is 21.0 Å². The average Bonchev–Trinajstić information content (AvgIpc) is 2.11. The van der Waals surface area contributed by atoms with E-state index in [9.17, 15) is 29.4 Å². The van der Waals surface area contributed by atoms with E-state index in [4.69, 9.17) is 4.55 Å². The van der Waals surface area contributed by atoms with E-state index < -0.39 is 18.3 Å². The summed E-state index contributed by atoms with van der Waals surface area (Å²) >= 11 is 0. The molecule has 1 rings (SSSR count). The van der Waals surface area contributed by atoms with E-state index >= 15 is 0 Å². The van der Waals surface area contributed by atoms with Gasteiger partial charge in [0.15, 0.2) is 0 Å². The molecule has 0 spiro atoms. The Hall–Kier alpha value is -0.193. The van der Waals surface area contributed by atoms with Crippen molar-refractivity contribution < 1.29 is 54.2 Å². The number of halogens is 5. The first-order chi connectivity index (χ1) is 8.45. The molecule has 120 valence electrons. The molecule has 0 saturated carbocycles. The topological polar surface area (TPSA) is 54.4 Å². The molecule has 0 radical (unpaired) electrons. The summed E-state index contributed by atoms with van der Waals surface area (Å²) in [5.74, 6) is 0. The normalized spacial score (nSPS) is 14.0. The van der Waals surface area contributed by atoms with Crippen molar-refractivity contribution in [2.45, 2.75) is 31.1 Å². The van der Waals surface area contributed by atoms with Crippen LogP contribution in [-0.2, 0) is 15.5 Å². The summed E-state index contributed by atoms with van der Waals surface area (Å²) in [6.07, 6.45) is 0. The van der Waals surface area contributed by atoms with E-state index in [1.54, 1.807) is 12.1 Å². The second-order valence-electron chi connectivity index (χ2n) is 4.89. The maximum absolute atomic E-state index is 10.7. The van der Waals surface area contributed by atoms with Crippen LogP contribution in [0.1, 0.15) is 27.8 Å². The van der Waals surface area contributed by atoms with Crippen LogP contribution in [-0.4, -0.2) is 13.0 Å². The molecule has 0 aliphatic carbocycles. The molecule has 1 aromatic carbocycles. The molecule has 0 unspecified atom stereocenters. The van der Waals surface area contributed by atoms with E-state index in [2.05, 4.69) is 0 Å². The van der Waals surface area contributed by atoms with Crippen LogP contribution in [0.15, 0.2) is 29.2 Å². The van der Waals surface area contributed by atoms with Crippen molar-refractivity contribution in [3.05, 3.63) is 29.8 Å². The molecule has 1 aromatic rings. The van der Waals surface area contributed by atoms with Gasteiger partial charge in [0, 0.05) is 0 Å². The molecular weight excluding hydrogens is 333 g/mol. The fourth-order valence-corrected chi connectivity index (χ4v) is 1.61. The van der Waals surface area contributed by atoms with E-state index in [0.717, 1.165) is 5.56 Å². The monoisotopic (exact) mass is 348 g/mol. The summed E-state index contributed by atoms with van der Waals surface area (Å²) in [6, 6.07) is 6.25. The second-order valence-corrected chi connectivity index (χ2v) is 7.59. The molecule has 0 fully saturated rings. The standard InChI is InChI=1S/C10H14O3S.F5P.Li.H/c1-10(2,3)8-4-6-9(7-5-8)14(11,12)13;1-6(2,3,4)5;;/h4-7H,1-3H3,(H,11,12,13);;;/q;;+1;-1. The van der Waals surface area contributed by atoms with Crippen molar-refractivity contribution in [3.8, 4) is 0 Å². The van der Waals surface area contributed by atoms with Crippen LogP contribution in [0.5, 0.6) is 0 Å². The molecule has 11 heteroatoms. The quantitative estimate of drug-likeness (QED) is 0.367. The van der Waals surface area contributed by atoms with Crippen molar-refractivity contribution in [2.75, 3.05) is 0 Å². The van der Waals surface area contributed by atoms with Gasteiger partial charge in [0.1, 0.15) is 0 Å². The Morgan fingerprint density at radius 3 is 1.48 bits per heavy atom. The largest absolute Gasteiger partial charge is 1.00 e. The summed E-state index contributed by atoms with van der Waals surface area (Å²) in [5.41, 5.74) is 1.02. The van der Waals surface area contributed by atoms with Crippen molar-refractivity contribution in [1.29, 1.82) is 0 Å². The molecule has 0 amide bonds. The maximum Gasteiger partial charge on any atom is 1.00 e. The molecule has 0 aliphatic heterocycles. The number of benzene rings is 1. The van der Waals surface area contributed by atoms with E-state index in [1.807, 2.05) is 20.8 Å². The molecule has 1 N–H and O–H groups in total. The summed E-state index contributed by atoms with van der Waals surface area (Å²) in [7, 11) is -12.6. The third kappa shape index (κ3) is 13.2. The minimum Gasteiger partial charge on any atom is -1.00 e. The SMILES string of the molecule is CC(C)(C)c1ccc(S(=O)(=O)O)cc1.FP(F)(F)(F)F.[H-].[Li+]. The molecule has 0 bridgehead atoms. The van der Waals surface area contributed by atoms with Crippen LogP contribution in [0.25, 0.3) is 0 Å². The third-order valence-corrected chi connectivity index (χ3v) is 2.89. The van der Waals surface area contributed by atoms with Gasteiger partial charge < -0.3 is 1.43 Å². The van der Waals surface area contributed by atoms with Gasteiger partial charge in [-0.25, -0.2) is 0 Å². The zero-order valence-corrected chi connectivity index (χ0v) is 13.5. The second kappa shape index (κ2) is 6.93. The molecule has 3 nitrogen and oxygen atoms in total. The van der Waals surface area contributed by atoms with Crippen molar-refractivity contribution in [1.82, 2.24) is 0 Å². The van der Waals surface area contributed by atoms with E-state index in [1.165, 1.54) is 12.1 Å². The van der Waals surface area contributed by atoms with Crippen molar-refractivity contribution >= 4 is 18.3 Å². The van der Waals surface area contributed by atoms with Crippen LogP contribution in [0.2, 0.25) is 0 Å². The van der Waals surface area contributed by atoms with E-state index in [-0.39, 0.29) is 30.6 Å². The van der Waals surface area contributed by atoms with Gasteiger partial charge in [0.05, 0.1) is 4.90 Å². The van der Waals surface area contributed by atoms with Crippen LogP contribution < -0.4 is 18.9 Å². The summed E-state index contributed by atoms with van der Waals surface area (Å²) in [4.78, 5) is -0.0644. The average molecular weight is 348 g/mol. The first-order valence-corrected chi connectivity index (χ1v) is 8.27. The Balaban J connectivity index is -0.000000392. The minimum absolute atomic E-state index is 0. The van der Waals surface area contributed by atoms with Gasteiger partial charge in [-0.1, -0.05) is 32.9 Å². The van der Waals surface area contributed by atoms with Gasteiger partial charge in [0.2, 0.25) is 0 Å². The predicted molar refractivity (Wildman–Crippen MR) is 68.5 cm³/mol. The minimum atomic E-state index is -8.55. The van der Waals surface area contributed by atoms with Gasteiger partial charge in [-0.15, -0.1) is 0 Å². The number of hydrogen-bond donors (Lipinski definition) is 1. The Morgan fingerprint density at radius 2 is 1.29 bits per heavy atom. The Labute approximate surface area is 133 Å². The molecule has 0 aliphatic rings. The van der Waals surface area contributed by atoms with Gasteiger partial charge in [-0.2, -0.15) is 8.42 Å². The van der Waals surface area contributed by atoms with Crippen LogP contribution in [0, 0.1) is 0 Å². The summed E-state index contributed by atoms with van der Waals surface area (Å²) < 4.78 is 79.4. The molecule has 0 heterocycles. The predicted octanol–water partition coefficient (Wildman–Crippen LogP) is 2.31.